The lowest BCUT2D eigenvalue weighted by Gasteiger charge is -2.11. The molecule has 0 heterocycles. The Balaban J connectivity index is 2.92. The number of benzene rings is 1. The van der Waals surface area contributed by atoms with E-state index in [0.717, 1.165) is 12.1 Å². The predicted octanol–water partition coefficient (Wildman–Crippen LogP) is 2.72. The first-order valence-corrected chi connectivity index (χ1v) is 7.12. The van der Waals surface area contributed by atoms with E-state index in [9.17, 15) is 19.8 Å². The van der Waals surface area contributed by atoms with Crippen LogP contribution in [0.15, 0.2) is 12.1 Å². The molecule has 0 atom stereocenters. The van der Waals surface area contributed by atoms with Crippen molar-refractivity contribution in [2.75, 3.05) is 13.2 Å². The maximum atomic E-state index is 11.8. The van der Waals surface area contributed by atoms with Crippen molar-refractivity contribution in [1.82, 2.24) is 0 Å². The summed E-state index contributed by atoms with van der Waals surface area (Å²) in [7, 11) is 0. The molecule has 122 valence electrons. The molecule has 0 aromatic heterocycles. The van der Waals surface area contributed by atoms with Crippen LogP contribution in [0, 0.1) is 11.8 Å². The lowest BCUT2D eigenvalue weighted by Crippen LogP contribution is -2.13. The lowest BCUT2D eigenvalue weighted by atomic mass is 10.1. The fourth-order valence-corrected chi connectivity index (χ4v) is 1.54. The van der Waals surface area contributed by atoms with Crippen molar-refractivity contribution < 1.29 is 29.3 Å². The Kier molecular flexibility index (Phi) is 6.22. The number of carbonyl (C=O) groups excluding carboxylic acids is 2. The number of aromatic hydroxyl groups is 2. The number of phenols is 2. The zero-order valence-corrected chi connectivity index (χ0v) is 13.3. The molecular weight excluding hydrogens is 288 g/mol. The van der Waals surface area contributed by atoms with E-state index in [1.165, 1.54) is 0 Å². The van der Waals surface area contributed by atoms with Crippen molar-refractivity contribution in [2.24, 2.45) is 11.8 Å². The van der Waals surface area contributed by atoms with E-state index in [-0.39, 0.29) is 36.2 Å². The Morgan fingerprint density at radius 3 is 1.45 bits per heavy atom. The van der Waals surface area contributed by atoms with Gasteiger partial charge in [-0.05, 0) is 24.0 Å². The summed E-state index contributed by atoms with van der Waals surface area (Å²) in [6.45, 7) is 7.88. The fourth-order valence-electron chi connectivity index (χ4n) is 1.54. The second kappa shape index (κ2) is 7.68. The largest absolute Gasteiger partial charge is 0.507 e. The molecule has 0 fully saturated rings. The zero-order valence-electron chi connectivity index (χ0n) is 13.3. The van der Waals surface area contributed by atoms with Gasteiger partial charge in [0.25, 0.3) is 0 Å². The van der Waals surface area contributed by atoms with E-state index in [0.29, 0.717) is 0 Å². The lowest BCUT2D eigenvalue weighted by molar-refractivity contribution is 0.0439. The van der Waals surface area contributed by atoms with Gasteiger partial charge in [0, 0.05) is 0 Å². The van der Waals surface area contributed by atoms with Gasteiger partial charge in [0.05, 0.1) is 13.2 Å². The van der Waals surface area contributed by atoms with Gasteiger partial charge in [-0.3, -0.25) is 0 Å². The predicted molar refractivity (Wildman–Crippen MR) is 80.0 cm³/mol. The molecule has 0 aliphatic carbocycles. The van der Waals surface area contributed by atoms with Crippen LogP contribution in [0.25, 0.3) is 0 Å². The van der Waals surface area contributed by atoms with Crippen molar-refractivity contribution in [3.8, 4) is 11.5 Å². The number of hydrogen-bond donors (Lipinski definition) is 2. The average molecular weight is 310 g/mol. The Hall–Kier alpha value is -2.24. The summed E-state index contributed by atoms with van der Waals surface area (Å²) in [5.41, 5.74) is -0.392. The molecule has 0 spiro atoms. The van der Waals surface area contributed by atoms with E-state index in [4.69, 9.17) is 9.47 Å². The standard InChI is InChI=1S/C16H22O6/c1-9(2)7-21-15(19)11-5-14(18)12(6-13(11)17)16(20)22-8-10(3)4/h5-6,9-10,17-18H,7-8H2,1-4H3. The minimum Gasteiger partial charge on any atom is -0.507 e. The summed E-state index contributed by atoms with van der Waals surface area (Å²) in [6, 6.07) is 2.01. The maximum absolute atomic E-state index is 11.8. The molecule has 0 radical (unpaired) electrons. The maximum Gasteiger partial charge on any atom is 0.342 e. The number of rotatable bonds is 6. The van der Waals surface area contributed by atoms with Gasteiger partial charge in [-0.2, -0.15) is 0 Å². The number of ether oxygens (including phenoxy) is 2. The van der Waals surface area contributed by atoms with Crippen LogP contribution in [-0.2, 0) is 9.47 Å². The van der Waals surface area contributed by atoms with Gasteiger partial charge in [-0.1, -0.05) is 27.7 Å². The molecule has 2 N–H and O–H groups in total. The summed E-state index contributed by atoms with van der Waals surface area (Å²) in [5, 5.41) is 19.7. The van der Waals surface area contributed by atoms with Crippen LogP contribution in [0.3, 0.4) is 0 Å². The van der Waals surface area contributed by atoms with E-state index in [2.05, 4.69) is 0 Å². The fraction of sp³-hybridized carbons (Fsp3) is 0.500. The molecule has 0 bridgehead atoms. The van der Waals surface area contributed by atoms with Crippen molar-refractivity contribution in [3.05, 3.63) is 23.3 Å². The minimum atomic E-state index is -0.761. The van der Waals surface area contributed by atoms with Crippen LogP contribution in [0.5, 0.6) is 11.5 Å². The quantitative estimate of drug-likeness (QED) is 0.620. The molecule has 6 heteroatoms. The van der Waals surface area contributed by atoms with Gasteiger partial charge in [0.1, 0.15) is 22.6 Å². The van der Waals surface area contributed by atoms with Crippen LogP contribution in [0.2, 0.25) is 0 Å². The zero-order chi connectivity index (χ0) is 16.9. The van der Waals surface area contributed by atoms with Crippen LogP contribution in [-0.4, -0.2) is 35.4 Å². The van der Waals surface area contributed by atoms with Gasteiger partial charge in [0.15, 0.2) is 0 Å². The highest BCUT2D eigenvalue weighted by Gasteiger charge is 2.21. The van der Waals surface area contributed by atoms with E-state index in [1.807, 2.05) is 27.7 Å². The topological polar surface area (TPSA) is 93.1 Å². The third-order valence-corrected chi connectivity index (χ3v) is 2.65. The average Bonchev–Trinajstić information content (AvgIpc) is 2.44. The van der Waals surface area contributed by atoms with Crippen LogP contribution in [0.4, 0.5) is 0 Å². The van der Waals surface area contributed by atoms with E-state index >= 15 is 0 Å². The summed E-state index contributed by atoms with van der Waals surface area (Å²) in [6.07, 6.45) is 0. The number of phenolic OH excluding ortho intramolecular Hbond substituents is 2. The highest BCUT2D eigenvalue weighted by atomic mass is 16.5. The molecule has 0 aliphatic heterocycles. The minimum absolute atomic E-state index is 0.143. The summed E-state index contributed by atoms with van der Waals surface area (Å²) in [5.74, 6) is -2.12. The Morgan fingerprint density at radius 2 is 1.18 bits per heavy atom. The van der Waals surface area contributed by atoms with Crippen molar-refractivity contribution >= 4 is 11.9 Å². The van der Waals surface area contributed by atoms with Crippen molar-refractivity contribution in [3.63, 3.8) is 0 Å². The Labute approximate surface area is 129 Å². The molecule has 0 saturated carbocycles. The summed E-state index contributed by atoms with van der Waals surface area (Å²) >= 11 is 0. The second-order valence-electron chi connectivity index (χ2n) is 5.87. The molecule has 0 aliphatic rings. The van der Waals surface area contributed by atoms with Gasteiger partial charge in [0.2, 0.25) is 0 Å². The first-order chi connectivity index (χ1) is 10.2. The van der Waals surface area contributed by atoms with Gasteiger partial charge < -0.3 is 19.7 Å². The van der Waals surface area contributed by atoms with Crippen molar-refractivity contribution in [2.45, 2.75) is 27.7 Å². The van der Waals surface area contributed by atoms with Crippen LogP contribution < -0.4 is 0 Å². The van der Waals surface area contributed by atoms with Crippen LogP contribution in [0.1, 0.15) is 48.4 Å². The Bertz CT molecular complexity index is 498. The molecule has 22 heavy (non-hydrogen) atoms. The molecule has 1 rings (SSSR count). The van der Waals surface area contributed by atoms with Crippen LogP contribution >= 0.6 is 0 Å². The molecule has 1 aromatic rings. The third-order valence-electron chi connectivity index (χ3n) is 2.65. The number of hydrogen-bond acceptors (Lipinski definition) is 6. The number of carbonyl (C=O) groups is 2. The first-order valence-electron chi connectivity index (χ1n) is 7.12. The monoisotopic (exact) mass is 310 g/mol. The molecular formula is C16H22O6. The highest BCUT2D eigenvalue weighted by molar-refractivity contribution is 5.98. The first kappa shape index (κ1) is 17.8. The van der Waals surface area contributed by atoms with E-state index < -0.39 is 23.4 Å². The SMILES string of the molecule is CC(C)COC(=O)c1cc(O)c(C(=O)OCC(C)C)cc1O. The summed E-state index contributed by atoms with van der Waals surface area (Å²) in [4.78, 5) is 23.6. The molecule has 0 unspecified atom stereocenters. The normalized spacial score (nSPS) is 10.8. The molecule has 1 aromatic carbocycles. The smallest absolute Gasteiger partial charge is 0.342 e. The second-order valence-corrected chi connectivity index (χ2v) is 5.87. The summed E-state index contributed by atoms with van der Waals surface area (Å²) < 4.78 is 9.96. The molecule has 0 amide bonds. The third kappa shape index (κ3) is 4.95. The number of esters is 2. The highest BCUT2D eigenvalue weighted by Crippen LogP contribution is 2.28. The van der Waals surface area contributed by atoms with E-state index in [1.54, 1.807) is 0 Å². The van der Waals surface area contributed by atoms with Gasteiger partial charge in [-0.25, -0.2) is 9.59 Å². The van der Waals surface area contributed by atoms with Gasteiger partial charge >= 0.3 is 11.9 Å². The Morgan fingerprint density at radius 1 is 0.864 bits per heavy atom. The van der Waals surface area contributed by atoms with Gasteiger partial charge in [-0.15, -0.1) is 0 Å². The molecule has 6 nitrogen and oxygen atoms in total. The molecule has 0 saturated heterocycles. The van der Waals surface area contributed by atoms with Crippen molar-refractivity contribution in [1.29, 1.82) is 0 Å².